The largest absolute Gasteiger partial charge is 0.399 e. The molecule has 2 rings (SSSR count). The summed E-state index contributed by atoms with van der Waals surface area (Å²) in [6.07, 6.45) is 1.15. The highest BCUT2D eigenvalue weighted by Gasteiger charge is 2.23. The van der Waals surface area contributed by atoms with Gasteiger partial charge in [0.15, 0.2) is 0 Å². The lowest BCUT2D eigenvalue weighted by Gasteiger charge is -2.19. The molecule has 1 saturated heterocycles. The smallest absolute Gasteiger partial charge is 0.148 e. The van der Waals surface area contributed by atoms with Crippen molar-refractivity contribution in [1.82, 2.24) is 0 Å². The van der Waals surface area contributed by atoms with E-state index in [1.54, 1.807) is 19.2 Å². The Labute approximate surface area is 88.6 Å². The van der Waals surface area contributed by atoms with Crippen molar-refractivity contribution < 1.29 is 9.13 Å². The van der Waals surface area contributed by atoms with Crippen molar-refractivity contribution in [3.63, 3.8) is 0 Å². The number of halogens is 1. The molecule has 4 heteroatoms. The summed E-state index contributed by atoms with van der Waals surface area (Å²) < 4.78 is 18.8. The average Bonchev–Trinajstić information content (AvgIpc) is 2.66. The zero-order valence-corrected chi connectivity index (χ0v) is 8.74. The van der Waals surface area contributed by atoms with E-state index < -0.39 is 0 Å². The van der Waals surface area contributed by atoms with E-state index in [-0.39, 0.29) is 11.9 Å². The van der Waals surface area contributed by atoms with E-state index >= 15 is 0 Å². The van der Waals surface area contributed by atoms with Gasteiger partial charge in [0.25, 0.3) is 0 Å². The SMILES string of the molecule is COC1CCN(c2ccc(N)cc2F)C1. The van der Waals surface area contributed by atoms with Gasteiger partial charge in [0.1, 0.15) is 5.82 Å². The molecule has 0 aromatic heterocycles. The number of nitrogen functional groups attached to an aromatic ring is 1. The maximum absolute atomic E-state index is 13.6. The second-order valence-corrected chi connectivity index (χ2v) is 3.80. The van der Waals surface area contributed by atoms with Gasteiger partial charge in [-0.15, -0.1) is 0 Å². The molecule has 15 heavy (non-hydrogen) atoms. The van der Waals surface area contributed by atoms with E-state index in [0.29, 0.717) is 11.4 Å². The predicted octanol–water partition coefficient (Wildman–Crippen LogP) is 1.63. The van der Waals surface area contributed by atoms with E-state index in [4.69, 9.17) is 10.5 Å². The summed E-state index contributed by atoms with van der Waals surface area (Å²) in [7, 11) is 1.69. The van der Waals surface area contributed by atoms with Crippen LogP contribution in [0.3, 0.4) is 0 Å². The monoisotopic (exact) mass is 210 g/mol. The molecule has 2 N–H and O–H groups in total. The minimum atomic E-state index is -0.258. The van der Waals surface area contributed by atoms with Gasteiger partial charge in [-0.05, 0) is 24.6 Å². The summed E-state index contributed by atoms with van der Waals surface area (Å²) in [6, 6.07) is 4.80. The van der Waals surface area contributed by atoms with Crippen molar-refractivity contribution >= 4 is 11.4 Å². The Balaban J connectivity index is 2.17. The summed E-state index contributed by atoms with van der Waals surface area (Å²) in [5, 5.41) is 0. The number of nitrogens with zero attached hydrogens (tertiary/aromatic N) is 1. The minimum Gasteiger partial charge on any atom is -0.399 e. The van der Waals surface area contributed by atoms with Crippen LogP contribution in [0.1, 0.15) is 6.42 Å². The van der Waals surface area contributed by atoms with E-state index in [1.165, 1.54) is 6.07 Å². The van der Waals surface area contributed by atoms with Crippen LogP contribution in [-0.2, 0) is 4.74 Å². The summed E-state index contributed by atoms with van der Waals surface area (Å²) in [4.78, 5) is 1.99. The lowest BCUT2D eigenvalue weighted by Crippen LogP contribution is -2.23. The highest BCUT2D eigenvalue weighted by molar-refractivity contribution is 5.55. The summed E-state index contributed by atoms with van der Waals surface area (Å²) >= 11 is 0. The van der Waals surface area contributed by atoms with Gasteiger partial charge in [-0.1, -0.05) is 0 Å². The summed E-state index contributed by atoms with van der Waals surface area (Å²) in [6.45, 7) is 1.58. The fraction of sp³-hybridized carbons (Fsp3) is 0.455. The molecule has 0 spiro atoms. The molecule has 82 valence electrons. The van der Waals surface area contributed by atoms with Gasteiger partial charge in [0.2, 0.25) is 0 Å². The second kappa shape index (κ2) is 4.06. The Morgan fingerprint density at radius 1 is 1.53 bits per heavy atom. The first-order valence-electron chi connectivity index (χ1n) is 5.03. The number of hydrogen-bond acceptors (Lipinski definition) is 3. The van der Waals surface area contributed by atoms with E-state index in [9.17, 15) is 4.39 Å². The molecule has 1 aliphatic heterocycles. The standard InChI is InChI=1S/C11H15FN2O/c1-15-9-4-5-14(7-9)11-3-2-8(13)6-10(11)12/h2-3,6,9H,4-5,7,13H2,1H3. The third kappa shape index (κ3) is 2.04. The molecule has 1 aromatic rings. The van der Waals surface area contributed by atoms with Crippen molar-refractivity contribution in [1.29, 1.82) is 0 Å². The number of nitrogens with two attached hydrogens (primary N) is 1. The van der Waals surface area contributed by atoms with Crippen LogP contribution in [0.2, 0.25) is 0 Å². The van der Waals surface area contributed by atoms with Crippen molar-refractivity contribution in [3.05, 3.63) is 24.0 Å². The molecular formula is C11H15FN2O. The first kappa shape index (κ1) is 10.2. The predicted molar refractivity (Wildman–Crippen MR) is 58.4 cm³/mol. The zero-order chi connectivity index (χ0) is 10.8. The van der Waals surface area contributed by atoms with Gasteiger partial charge in [-0.2, -0.15) is 0 Å². The average molecular weight is 210 g/mol. The molecular weight excluding hydrogens is 195 g/mol. The Morgan fingerprint density at radius 3 is 2.93 bits per heavy atom. The first-order chi connectivity index (χ1) is 7.20. The van der Waals surface area contributed by atoms with Crippen LogP contribution in [-0.4, -0.2) is 26.3 Å². The Bertz CT molecular complexity index is 356. The lowest BCUT2D eigenvalue weighted by molar-refractivity contribution is 0.121. The van der Waals surface area contributed by atoms with Gasteiger partial charge in [-0.25, -0.2) is 4.39 Å². The number of benzene rings is 1. The van der Waals surface area contributed by atoms with Crippen LogP contribution >= 0.6 is 0 Å². The van der Waals surface area contributed by atoms with Crippen LogP contribution in [0.15, 0.2) is 18.2 Å². The Kier molecular flexibility index (Phi) is 2.77. The van der Waals surface area contributed by atoms with Crippen molar-refractivity contribution in [2.24, 2.45) is 0 Å². The molecule has 0 aliphatic carbocycles. The minimum absolute atomic E-state index is 0.210. The summed E-state index contributed by atoms with van der Waals surface area (Å²) in [5.74, 6) is -0.258. The number of hydrogen-bond donors (Lipinski definition) is 1. The van der Waals surface area contributed by atoms with Crippen LogP contribution in [0, 0.1) is 5.82 Å². The van der Waals surface area contributed by atoms with Crippen LogP contribution in [0.25, 0.3) is 0 Å². The Morgan fingerprint density at radius 2 is 2.33 bits per heavy atom. The van der Waals surface area contributed by atoms with Gasteiger partial charge in [-0.3, -0.25) is 0 Å². The van der Waals surface area contributed by atoms with E-state index in [1.807, 2.05) is 4.90 Å². The van der Waals surface area contributed by atoms with Crippen molar-refractivity contribution in [2.75, 3.05) is 30.8 Å². The molecule has 1 unspecified atom stereocenters. The normalized spacial score (nSPS) is 20.9. The fourth-order valence-electron chi connectivity index (χ4n) is 1.92. The number of rotatable bonds is 2. The third-order valence-electron chi connectivity index (χ3n) is 2.79. The van der Waals surface area contributed by atoms with E-state index in [2.05, 4.69) is 0 Å². The van der Waals surface area contributed by atoms with Crippen molar-refractivity contribution in [2.45, 2.75) is 12.5 Å². The molecule has 1 atom stereocenters. The van der Waals surface area contributed by atoms with Crippen molar-refractivity contribution in [3.8, 4) is 0 Å². The zero-order valence-electron chi connectivity index (χ0n) is 8.74. The topological polar surface area (TPSA) is 38.5 Å². The molecule has 0 saturated carbocycles. The van der Waals surface area contributed by atoms with Gasteiger partial charge < -0.3 is 15.4 Å². The third-order valence-corrected chi connectivity index (χ3v) is 2.79. The molecule has 1 fully saturated rings. The molecule has 0 bridgehead atoms. The molecule has 0 amide bonds. The number of methoxy groups -OCH3 is 1. The van der Waals surface area contributed by atoms with Gasteiger partial charge >= 0.3 is 0 Å². The maximum atomic E-state index is 13.6. The highest BCUT2D eigenvalue weighted by atomic mass is 19.1. The second-order valence-electron chi connectivity index (χ2n) is 3.80. The quantitative estimate of drug-likeness (QED) is 0.754. The van der Waals surface area contributed by atoms with Crippen LogP contribution in [0.5, 0.6) is 0 Å². The summed E-state index contributed by atoms with van der Waals surface area (Å²) in [5.41, 5.74) is 6.57. The highest BCUT2D eigenvalue weighted by Crippen LogP contribution is 2.25. The number of ether oxygens (including phenoxy) is 1. The van der Waals surface area contributed by atoms with E-state index in [0.717, 1.165) is 19.5 Å². The molecule has 1 aromatic carbocycles. The fourth-order valence-corrected chi connectivity index (χ4v) is 1.92. The maximum Gasteiger partial charge on any atom is 0.148 e. The van der Waals surface area contributed by atoms with Crippen LogP contribution < -0.4 is 10.6 Å². The van der Waals surface area contributed by atoms with Crippen LogP contribution in [0.4, 0.5) is 15.8 Å². The van der Waals surface area contributed by atoms with Gasteiger partial charge in [0, 0.05) is 25.9 Å². The molecule has 0 radical (unpaired) electrons. The number of anilines is 2. The molecule has 1 heterocycles. The molecule has 3 nitrogen and oxygen atoms in total. The lowest BCUT2D eigenvalue weighted by atomic mass is 10.2. The Hall–Kier alpha value is -1.29. The van der Waals surface area contributed by atoms with Gasteiger partial charge in [0.05, 0.1) is 11.8 Å². The molecule has 1 aliphatic rings. The first-order valence-corrected chi connectivity index (χ1v) is 5.03.